The SMILES string of the molecule is CSC1=C(C2CNCCN2c2ccc(Cl)c(C(F)(F)F)c2)C(=O)c2cccnc2C1=O. The first-order valence-corrected chi connectivity index (χ1v) is 11.0. The molecule has 1 unspecified atom stereocenters. The van der Waals surface area contributed by atoms with Crippen molar-refractivity contribution in [3.05, 3.63) is 68.9 Å². The van der Waals surface area contributed by atoms with Crippen LogP contribution in [0.2, 0.25) is 5.02 Å². The number of alkyl halides is 3. The Bertz CT molecular complexity index is 1100. The van der Waals surface area contributed by atoms with Gasteiger partial charge in [-0.3, -0.25) is 14.6 Å². The lowest BCUT2D eigenvalue weighted by molar-refractivity contribution is -0.137. The van der Waals surface area contributed by atoms with Crippen LogP contribution in [0.4, 0.5) is 18.9 Å². The number of Topliss-reactive ketones (excluding diaryl/α,β-unsaturated/α-hetero) is 2. The van der Waals surface area contributed by atoms with Crippen LogP contribution in [0.15, 0.2) is 47.0 Å². The number of fused-ring (bicyclic) bond motifs is 1. The second-order valence-electron chi connectivity index (χ2n) is 7.08. The van der Waals surface area contributed by atoms with Crippen molar-refractivity contribution in [3.63, 3.8) is 0 Å². The number of piperazine rings is 1. The molecule has 4 rings (SSSR count). The molecule has 1 atom stereocenters. The van der Waals surface area contributed by atoms with Gasteiger partial charge in [-0.2, -0.15) is 13.2 Å². The number of aromatic nitrogens is 1. The number of halogens is 4. The predicted octanol–water partition coefficient (Wildman–Crippen LogP) is 4.23. The van der Waals surface area contributed by atoms with Crippen molar-refractivity contribution in [2.24, 2.45) is 0 Å². The maximum absolute atomic E-state index is 13.4. The maximum Gasteiger partial charge on any atom is 0.417 e. The van der Waals surface area contributed by atoms with Gasteiger partial charge in [0.1, 0.15) is 5.69 Å². The normalized spacial score (nSPS) is 19.6. The van der Waals surface area contributed by atoms with Gasteiger partial charge in [-0.05, 0) is 36.6 Å². The van der Waals surface area contributed by atoms with Gasteiger partial charge in [-0.15, -0.1) is 11.8 Å². The van der Waals surface area contributed by atoms with Crippen LogP contribution in [-0.4, -0.2) is 48.5 Å². The monoisotopic (exact) mass is 467 g/mol. The predicted molar refractivity (Wildman–Crippen MR) is 114 cm³/mol. The molecule has 1 aliphatic carbocycles. The van der Waals surface area contributed by atoms with Crippen molar-refractivity contribution in [3.8, 4) is 0 Å². The first-order valence-electron chi connectivity index (χ1n) is 9.40. The third kappa shape index (κ3) is 3.86. The highest BCUT2D eigenvalue weighted by Gasteiger charge is 2.40. The van der Waals surface area contributed by atoms with E-state index in [2.05, 4.69) is 10.3 Å². The summed E-state index contributed by atoms with van der Waals surface area (Å²) in [6.45, 7) is 1.18. The number of thioether (sulfide) groups is 1. The van der Waals surface area contributed by atoms with Crippen LogP contribution in [0.25, 0.3) is 0 Å². The van der Waals surface area contributed by atoms with Crippen LogP contribution in [0.3, 0.4) is 0 Å². The number of nitrogens with one attached hydrogen (secondary N) is 1. The molecule has 2 aliphatic rings. The third-order valence-corrected chi connectivity index (χ3v) is 6.47. The van der Waals surface area contributed by atoms with E-state index in [1.165, 1.54) is 18.3 Å². The van der Waals surface area contributed by atoms with Crippen LogP contribution >= 0.6 is 23.4 Å². The minimum Gasteiger partial charge on any atom is -0.362 e. The number of pyridine rings is 1. The molecule has 2 aromatic rings. The molecule has 0 spiro atoms. The molecular formula is C21H17ClF3N3O2S. The largest absolute Gasteiger partial charge is 0.417 e. The second-order valence-corrected chi connectivity index (χ2v) is 8.30. The molecular weight excluding hydrogens is 451 g/mol. The zero-order valence-electron chi connectivity index (χ0n) is 16.3. The Morgan fingerprint density at radius 2 is 2.00 bits per heavy atom. The molecule has 1 aliphatic heterocycles. The van der Waals surface area contributed by atoms with Gasteiger partial charge >= 0.3 is 6.18 Å². The summed E-state index contributed by atoms with van der Waals surface area (Å²) in [7, 11) is 0. The molecule has 0 amide bonds. The zero-order chi connectivity index (χ0) is 22.3. The number of hydrogen-bond donors (Lipinski definition) is 1. The highest BCUT2D eigenvalue weighted by molar-refractivity contribution is 8.03. The Morgan fingerprint density at radius 3 is 2.71 bits per heavy atom. The molecule has 1 aromatic carbocycles. The standard InChI is InChI=1S/C21H17ClF3N3O2S/c1-31-20-16(18(29)12-3-2-6-27-17(12)19(20)30)15-10-26-7-8-28(15)11-4-5-14(22)13(9-11)21(23,24)25/h2-6,9,15,26H,7-8,10H2,1H3. The van der Waals surface area contributed by atoms with Crippen LogP contribution in [0, 0.1) is 0 Å². The fourth-order valence-electron chi connectivity index (χ4n) is 3.93. The topological polar surface area (TPSA) is 62.3 Å². The van der Waals surface area contributed by atoms with Crippen LogP contribution in [0.5, 0.6) is 0 Å². The molecule has 1 N–H and O–H groups in total. The molecule has 2 heterocycles. The molecule has 31 heavy (non-hydrogen) atoms. The van der Waals surface area contributed by atoms with Crippen molar-refractivity contribution < 1.29 is 22.8 Å². The molecule has 0 radical (unpaired) electrons. The molecule has 1 aromatic heterocycles. The Labute approximate surface area is 185 Å². The van der Waals surface area contributed by atoms with Gasteiger partial charge in [0.05, 0.1) is 27.1 Å². The summed E-state index contributed by atoms with van der Waals surface area (Å²) in [6.07, 6.45) is -1.46. The lowest BCUT2D eigenvalue weighted by Crippen LogP contribution is -2.54. The van der Waals surface area contributed by atoms with Crippen LogP contribution in [-0.2, 0) is 6.18 Å². The minimum atomic E-state index is -4.61. The lowest BCUT2D eigenvalue weighted by Gasteiger charge is -2.40. The fourth-order valence-corrected chi connectivity index (χ4v) is 4.89. The van der Waals surface area contributed by atoms with Gasteiger partial charge in [0, 0.05) is 37.1 Å². The van der Waals surface area contributed by atoms with E-state index in [9.17, 15) is 22.8 Å². The van der Waals surface area contributed by atoms with Crippen molar-refractivity contribution in [1.82, 2.24) is 10.3 Å². The van der Waals surface area contributed by atoms with E-state index in [1.807, 2.05) is 0 Å². The summed E-state index contributed by atoms with van der Waals surface area (Å²) in [5.74, 6) is -0.689. The number of hydrogen-bond acceptors (Lipinski definition) is 6. The molecule has 0 bridgehead atoms. The third-order valence-electron chi connectivity index (χ3n) is 5.33. The molecule has 5 nitrogen and oxygen atoms in total. The first kappa shape index (κ1) is 21.9. The summed E-state index contributed by atoms with van der Waals surface area (Å²) in [5, 5.41) is 2.79. The fraction of sp³-hybridized carbons (Fsp3) is 0.286. The zero-order valence-corrected chi connectivity index (χ0v) is 17.9. The average Bonchev–Trinajstić information content (AvgIpc) is 2.75. The molecule has 0 saturated carbocycles. The number of ketones is 2. The Hall–Kier alpha value is -2.36. The van der Waals surface area contributed by atoms with E-state index in [1.54, 1.807) is 23.3 Å². The maximum atomic E-state index is 13.4. The van der Waals surface area contributed by atoms with Crippen molar-refractivity contribution in [2.75, 3.05) is 30.8 Å². The second kappa shape index (κ2) is 8.29. The number of nitrogens with zero attached hydrogens (tertiary/aromatic N) is 2. The van der Waals surface area contributed by atoms with Gasteiger partial charge < -0.3 is 10.2 Å². The first-order chi connectivity index (χ1) is 14.7. The summed E-state index contributed by atoms with van der Waals surface area (Å²) < 4.78 is 40.2. The quantitative estimate of drug-likeness (QED) is 0.729. The molecule has 10 heteroatoms. The Kier molecular flexibility index (Phi) is 5.85. The summed E-state index contributed by atoms with van der Waals surface area (Å²) in [6, 6.07) is 6.20. The molecule has 1 fully saturated rings. The summed E-state index contributed by atoms with van der Waals surface area (Å²) in [4.78, 5) is 32.4. The van der Waals surface area contributed by atoms with Gasteiger partial charge in [0.15, 0.2) is 5.78 Å². The number of anilines is 1. The Morgan fingerprint density at radius 1 is 1.23 bits per heavy atom. The number of carbonyl (C=O) groups is 2. The van der Waals surface area contributed by atoms with Gasteiger partial charge in [0.25, 0.3) is 0 Å². The van der Waals surface area contributed by atoms with Crippen molar-refractivity contribution in [2.45, 2.75) is 12.2 Å². The van der Waals surface area contributed by atoms with Gasteiger partial charge in [-0.1, -0.05) is 11.6 Å². The molecule has 162 valence electrons. The van der Waals surface area contributed by atoms with Gasteiger partial charge in [-0.25, -0.2) is 0 Å². The van der Waals surface area contributed by atoms with Crippen molar-refractivity contribution >= 4 is 40.6 Å². The molecule has 1 saturated heterocycles. The van der Waals surface area contributed by atoms with E-state index in [0.29, 0.717) is 19.6 Å². The Balaban J connectivity index is 1.83. The number of allylic oxidation sites excluding steroid dienone is 1. The van der Waals surface area contributed by atoms with E-state index in [4.69, 9.17) is 11.6 Å². The highest BCUT2D eigenvalue weighted by atomic mass is 35.5. The average molecular weight is 468 g/mol. The smallest absolute Gasteiger partial charge is 0.362 e. The van der Waals surface area contributed by atoms with E-state index < -0.39 is 22.8 Å². The van der Waals surface area contributed by atoms with Gasteiger partial charge in [0.2, 0.25) is 5.78 Å². The van der Waals surface area contributed by atoms with E-state index >= 15 is 0 Å². The number of rotatable bonds is 3. The summed E-state index contributed by atoms with van der Waals surface area (Å²) in [5.41, 5.74) is -0.0783. The van der Waals surface area contributed by atoms with E-state index in [-0.39, 0.29) is 39.0 Å². The summed E-state index contributed by atoms with van der Waals surface area (Å²) >= 11 is 6.92. The highest BCUT2D eigenvalue weighted by Crippen LogP contribution is 2.39. The van der Waals surface area contributed by atoms with E-state index in [0.717, 1.165) is 17.8 Å². The number of carbonyl (C=O) groups excluding carboxylic acids is 2. The lowest BCUT2D eigenvalue weighted by atomic mass is 9.87. The van der Waals surface area contributed by atoms with Crippen molar-refractivity contribution in [1.29, 1.82) is 0 Å². The number of benzene rings is 1. The minimum absolute atomic E-state index is 0.0989. The van der Waals surface area contributed by atoms with Crippen LogP contribution in [0.1, 0.15) is 26.4 Å². The van der Waals surface area contributed by atoms with Crippen LogP contribution < -0.4 is 10.2 Å².